The molecule has 0 saturated heterocycles. The van der Waals surface area contributed by atoms with Crippen LogP contribution in [0.1, 0.15) is 11.1 Å². The van der Waals surface area contributed by atoms with Gasteiger partial charge >= 0.3 is 0 Å². The third kappa shape index (κ3) is 3.20. The second-order valence-electron chi connectivity index (χ2n) is 4.08. The molecule has 0 aliphatic rings. The van der Waals surface area contributed by atoms with Crippen molar-refractivity contribution in [3.05, 3.63) is 41.7 Å². The monoisotopic (exact) mass is 259 g/mol. The van der Waals surface area contributed by atoms with Gasteiger partial charge in [0.05, 0.1) is 12.2 Å². The van der Waals surface area contributed by atoms with E-state index in [-0.39, 0.29) is 0 Å². The molecular formula is C14H17N3O2. The fourth-order valence-electron chi connectivity index (χ4n) is 1.77. The molecule has 0 amide bonds. The van der Waals surface area contributed by atoms with Crippen molar-refractivity contribution in [3.8, 4) is 11.6 Å². The molecule has 5 heteroatoms. The zero-order valence-electron chi connectivity index (χ0n) is 11.3. The van der Waals surface area contributed by atoms with Gasteiger partial charge in [-0.25, -0.2) is 9.97 Å². The average Bonchev–Trinajstić information content (AvgIpc) is 2.42. The van der Waals surface area contributed by atoms with Gasteiger partial charge in [-0.2, -0.15) is 0 Å². The molecule has 1 N–H and O–H groups in total. The van der Waals surface area contributed by atoms with Crippen LogP contribution in [0.5, 0.6) is 11.6 Å². The number of ether oxygens (including phenoxy) is 2. The maximum Gasteiger partial charge on any atom is 0.227 e. The van der Waals surface area contributed by atoms with Crippen LogP contribution >= 0.6 is 0 Å². The summed E-state index contributed by atoms with van der Waals surface area (Å²) in [4.78, 5) is 8.28. The van der Waals surface area contributed by atoms with E-state index in [9.17, 15) is 0 Å². The first kappa shape index (κ1) is 13.3. The van der Waals surface area contributed by atoms with E-state index in [1.54, 1.807) is 7.11 Å². The van der Waals surface area contributed by atoms with Crippen LogP contribution in [0.4, 0.5) is 5.82 Å². The number of benzene rings is 1. The van der Waals surface area contributed by atoms with Crippen LogP contribution in [0.15, 0.2) is 30.6 Å². The Balaban J connectivity index is 2.23. The first-order valence-electron chi connectivity index (χ1n) is 5.99. The van der Waals surface area contributed by atoms with Gasteiger partial charge in [-0.15, -0.1) is 0 Å². The molecule has 0 radical (unpaired) electrons. The molecule has 1 heterocycles. The summed E-state index contributed by atoms with van der Waals surface area (Å²) >= 11 is 0. The Morgan fingerprint density at radius 1 is 1.26 bits per heavy atom. The molecule has 0 spiro atoms. The largest absolute Gasteiger partial charge is 0.439 e. The topological polar surface area (TPSA) is 56.3 Å². The normalized spacial score (nSPS) is 10.3. The van der Waals surface area contributed by atoms with Gasteiger partial charge in [0.1, 0.15) is 17.9 Å². The van der Waals surface area contributed by atoms with Crippen LogP contribution < -0.4 is 10.1 Å². The van der Waals surface area contributed by atoms with Crippen molar-refractivity contribution < 1.29 is 9.47 Å². The molecular weight excluding hydrogens is 242 g/mol. The summed E-state index contributed by atoms with van der Waals surface area (Å²) in [6.07, 6.45) is 1.48. The van der Waals surface area contributed by atoms with Crippen molar-refractivity contribution >= 4 is 5.82 Å². The zero-order valence-corrected chi connectivity index (χ0v) is 11.3. The lowest BCUT2D eigenvalue weighted by Gasteiger charge is -2.10. The average molecular weight is 259 g/mol. The summed E-state index contributed by atoms with van der Waals surface area (Å²) < 4.78 is 10.9. The van der Waals surface area contributed by atoms with E-state index in [1.165, 1.54) is 6.33 Å². The van der Waals surface area contributed by atoms with Crippen molar-refractivity contribution in [2.24, 2.45) is 0 Å². The van der Waals surface area contributed by atoms with Gasteiger partial charge in [-0.3, -0.25) is 0 Å². The van der Waals surface area contributed by atoms with Crippen molar-refractivity contribution in [1.82, 2.24) is 9.97 Å². The second kappa shape index (κ2) is 6.15. The summed E-state index contributed by atoms with van der Waals surface area (Å²) in [5, 5.41) is 3.00. The molecule has 0 aliphatic carbocycles. The van der Waals surface area contributed by atoms with E-state index in [2.05, 4.69) is 15.3 Å². The Kier molecular flexibility index (Phi) is 4.30. The van der Waals surface area contributed by atoms with E-state index < -0.39 is 0 Å². The molecule has 19 heavy (non-hydrogen) atoms. The number of methoxy groups -OCH3 is 1. The van der Waals surface area contributed by atoms with Gasteiger partial charge < -0.3 is 14.8 Å². The lowest BCUT2D eigenvalue weighted by atomic mass is 10.2. The van der Waals surface area contributed by atoms with Crippen LogP contribution in [-0.2, 0) is 11.3 Å². The second-order valence-corrected chi connectivity index (χ2v) is 4.08. The fraction of sp³-hybridized carbons (Fsp3) is 0.286. The highest BCUT2D eigenvalue weighted by molar-refractivity contribution is 5.48. The number of hydrogen-bond acceptors (Lipinski definition) is 5. The summed E-state index contributed by atoms with van der Waals surface area (Å²) in [6, 6.07) is 7.74. The third-order valence-corrected chi connectivity index (χ3v) is 2.70. The molecule has 5 nitrogen and oxygen atoms in total. The standard InChI is InChI=1S/C14H17N3O2/c1-10-13(15-2)16-9-17-14(10)19-12-6-4-5-11(7-12)8-18-3/h4-7,9H,8H2,1-3H3,(H,15,16,17). The Morgan fingerprint density at radius 3 is 2.84 bits per heavy atom. The molecule has 1 aromatic carbocycles. The summed E-state index contributed by atoms with van der Waals surface area (Å²) in [6.45, 7) is 2.47. The summed E-state index contributed by atoms with van der Waals surface area (Å²) in [5.74, 6) is 2.05. The molecule has 0 saturated carbocycles. The quantitative estimate of drug-likeness (QED) is 0.894. The number of nitrogens with zero attached hydrogens (tertiary/aromatic N) is 2. The Bertz CT molecular complexity index is 558. The van der Waals surface area contributed by atoms with Gasteiger partial charge in [-0.1, -0.05) is 12.1 Å². The number of nitrogens with one attached hydrogen (secondary N) is 1. The number of anilines is 1. The molecule has 2 rings (SSSR count). The van der Waals surface area contributed by atoms with Crippen molar-refractivity contribution in [3.63, 3.8) is 0 Å². The summed E-state index contributed by atoms with van der Waals surface area (Å²) in [7, 11) is 3.49. The highest BCUT2D eigenvalue weighted by Crippen LogP contribution is 2.26. The predicted molar refractivity (Wildman–Crippen MR) is 73.5 cm³/mol. The van der Waals surface area contributed by atoms with Crippen LogP contribution in [-0.4, -0.2) is 24.1 Å². The van der Waals surface area contributed by atoms with Crippen LogP contribution in [0.2, 0.25) is 0 Å². The Hall–Kier alpha value is -2.14. The fourth-order valence-corrected chi connectivity index (χ4v) is 1.77. The van der Waals surface area contributed by atoms with Crippen molar-refractivity contribution in [1.29, 1.82) is 0 Å². The smallest absolute Gasteiger partial charge is 0.227 e. The molecule has 0 atom stereocenters. The van der Waals surface area contributed by atoms with Gasteiger partial charge in [0, 0.05) is 14.2 Å². The highest BCUT2D eigenvalue weighted by Gasteiger charge is 2.08. The molecule has 0 bridgehead atoms. The first-order valence-corrected chi connectivity index (χ1v) is 5.99. The maximum absolute atomic E-state index is 5.79. The predicted octanol–water partition coefficient (Wildman–Crippen LogP) is 2.77. The van der Waals surface area contributed by atoms with Crippen molar-refractivity contribution in [2.75, 3.05) is 19.5 Å². The van der Waals surface area contributed by atoms with E-state index >= 15 is 0 Å². The van der Waals surface area contributed by atoms with E-state index in [4.69, 9.17) is 9.47 Å². The lowest BCUT2D eigenvalue weighted by molar-refractivity contribution is 0.184. The number of hydrogen-bond donors (Lipinski definition) is 1. The molecule has 0 unspecified atom stereocenters. The Labute approximate surface area is 112 Å². The molecule has 0 fully saturated rings. The van der Waals surface area contributed by atoms with Crippen LogP contribution in [0.25, 0.3) is 0 Å². The minimum absolute atomic E-state index is 0.550. The molecule has 100 valence electrons. The van der Waals surface area contributed by atoms with E-state index in [0.29, 0.717) is 12.5 Å². The van der Waals surface area contributed by atoms with Gasteiger partial charge in [0.15, 0.2) is 0 Å². The van der Waals surface area contributed by atoms with E-state index in [1.807, 2.05) is 38.2 Å². The molecule has 1 aromatic heterocycles. The van der Waals surface area contributed by atoms with Gasteiger partial charge in [-0.05, 0) is 24.6 Å². The highest BCUT2D eigenvalue weighted by atomic mass is 16.5. The lowest BCUT2D eigenvalue weighted by Crippen LogP contribution is -2.00. The van der Waals surface area contributed by atoms with Gasteiger partial charge in [0.2, 0.25) is 5.88 Å². The van der Waals surface area contributed by atoms with Crippen LogP contribution in [0.3, 0.4) is 0 Å². The number of rotatable bonds is 5. The van der Waals surface area contributed by atoms with Gasteiger partial charge in [0.25, 0.3) is 0 Å². The SMILES string of the molecule is CNc1ncnc(Oc2cccc(COC)c2)c1C. The van der Waals surface area contributed by atoms with Crippen molar-refractivity contribution in [2.45, 2.75) is 13.5 Å². The van der Waals surface area contributed by atoms with Crippen LogP contribution in [0, 0.1) is 6.92 Å². The summed E-state index contributed by atoms with van der Waals surface area (Å²) in [5.41, 5.74) is 1.93. The first-order chi connectivity index (χ1) is 9.24. The molecule has 2 aromatic rings. The Morgan fingerprint density at radius 2 is 2.11 bits per heavy atom. The molecule has 0 aliphatic heterocycles. The number of aromatic nitrogens is 2. The zero-order chi connectivity index (χ0) is 13.7. The minimum Gasteiger partial charge on any atom is -0.439 e. The van der Waals surface area contributed by atoms with E-state index in [0.717, 1.165) is 22.7 Å². The minimum atomic E-state index is 0.550. The maximum atomic E-state index is 5.79. The third-order valence-electron chi connectivity index (χ3n) is 2.70.